The highest BCUT2D eigenvalue weighted by Gasteiger charge is 2.35. The number of carbonyl (C=O) groups excluding carboxylic acids is 2. The van der Waals surface area contributed by atoms with Gasteiger partial charge in [0.15, 0.2) is 0 Å². The van der Waals surface area contributed by atoms with Crippen molar-refractivity contribution in [3.63, 3.8) is 0 Å². The second-order valence-electron chi connectivity index (χ2n) is 8.39. The summed E-state index contributed by atoms with van der Waals surface area (Å²) in [6.07, 6.45) is 2.99. The normalized spacial score (nSPS) is 22.5. The molecular formula is C22H27N5O2S2. The van der Waals surface area contributed by atoms with Gasteiger partial charge in [-0.3, -0.25) is 19.4 Å². The summed E-state index contributed by atoms with van der Waals surface area (Å²) < 4.78 is 0. The average Bonchev–Trinajstić information content (AvgIpc) is 3.23. The van der Waals surface area contributed by atoms with Crippen molar-refractivity contribution < 1.29 is 9.59 Å². The van der Waals surface area contributed by atoms with Crippen molar-refractivity contribution in [3.05, 3.63) is 44.8 Å². The fourth-order valence-electron chi connectivity index (χ4n) is 4.11. The number of hydrogen-bond donors (Lipinski definition) is 1. The van der Waals surface area contributed by atoms with E-state index >= 15 is 0 Å². The van der Waals surface area contributed by atoms with Crippen LogP contribution in [0.25, 0.3) is 0 Å². The Morgan fingerprint density at radius 1 is 1.00 bits per heavy atom. The minimum Gasteiger partial charge on any atom is -0.352 e. The van der Waals surface area contributed by atoms with Crippen molar-refractivity contribution in [3.8, 4) is 0 Å². The van der Waals surface area contributed by atoms with Crippen molar-refractivity contribution in [2.24, 2.45) is 5.10 Å². The average molecular weight is 458 g/mol. The Labute approximate surface area is 190 Å². The van der Waals surface area contributed by atoms with Gasteiger partial charge in [-0.05, 0) is 35.7 Å². The highest BCUT2D eigenvalue weighted by molar-refractivity contribution is 7.12. The standard InChI is InChI=1S/C22H27N5O2S2/c28-21(23-16-5-6-16)14-25-7-9-26(10-8-25)15-22(29)27-18(20-4-2-12-31-20)13-17(24-27)19-3-1-11-30-19/h1-4,11-12,16,18H,5-10,13-15H2,(H,23,28)/t18-/m1/s1. The highest BCUT2D eigenvalue weighted by Crippen LogP contribution is 2.36. The summed E-state index contributed by atoms with van der Waals surface area (Å²) in [7, 11) is 0. The van der Waals surface area contributed by atoms with E-state index in [1.165, 1.54) is 4.88 Å². The fourth-order valence-corrected chi connectivity index (χ4v) is 5.64. The topological polar surface area (TPSA) is 68.2 Å². The molecule has 2 fully saturated rings. The van der Waals surface area contributed by atoms with Crippen LogP contribution in [-0.2, 0) is 9.59 Å². The van der Waals surface area contributed by atoms with Gasteiger partial charge in [0.1, 0.15) is 0 Å². The molecule has 31 heavy (non-hydrogen) atoms. The van der Waals surface area contributed by atoms with E-state index in [0.717, 1.165) is 56.0 Å². The zero-order valence-corrected chi connectivity index (χ0v) is 19.0. The van der Waals surface area contributed by atoms with Crippen LogP contribution >= 0.6 is 22.7 Å². The number of hydrazone groups is 1. The lowest BCUT2D eigenvalue weighted by molar-refractivity contribution is -0.135. The van der Waals surface area contributed by atoms with E-state index in [4.69, 9.17) is 5.10 Å². The molecule has 2 aromatic rings. The predicted octanol–water partition coefficient (Wildman–Crippen LogP) is 2.38. The van der Waals surface area contributed by atoms with Gasteiger partial charge in [0.05, 0.1) is 29.7 Å². The molecule has 9 heteroatoms. The fraction of sp³-hybridized carbons (Fsp3) is 0.500. The molecule has 1 saturated carbocycles. The lowest BCUT2D eigenvalue weighted by Gasteiger charge is -2.34. The van der Waals surface area contributed by atoms with Gasteiger partial charge in [-0.2, -0.15) is 5.10 Å². The summed E-state index contributed by atoms with van der Waals surface area (Å²) in [6.45, 7) is 4.03. The van der Waals surface area contributed by atoms with Gasteiger partial charge in [0.25, 0.3) is 5.91 Å². The molecule has 0 radical (unpaired) electrons. The molecule has 5 rings (SSSR count). The van der Waals surface area contributed by atoms with Crippen LogP contribution in [-0.4, -0.2) is 77.6 Å². The number of thiophene rings is 2. The van der Waals surface area contributed by atoms with Crippen LogP contribution in [0.3, 0.4) is 0 Å². The lowest BCUT2D eigenvalue weighted by atomic mass is 10.1. The SMILES string of the molecule is O=C(CN1CCN(CC(=O)N2N=C(c3cccs3)C[C@@H]2c2cccs2)CC1)NC1CC1. The second kappa shape index (κ2) is 9.20. The van der Waals surface area contributed by atoms with Crippen LogP contribution in [0.5, 0.6) is 0 Å². The highest BCUT2D eigenvalue weighted by atomic mass is 32.1. The smallest absolute Gasteiger partial charge is 0.257 e. The van der Waals surface area contributed by atoms with Crippen LogP contribution < -0.4 is 5.32 Å². The summed E-state index contributed by atoms with van der Waals surface area (Å²) >= 11 is 3.35. The first-order valence-corrected chi connectivity index (χ1v) is 12.6. The Bertz CT molecular complexity index is 931. The summed E-state index contributed by atoms with van der Waals surface area (Å²) in [6, 6.07) is 8.61. The van der Waals surface area contributed by atoms with Crippen molar-refractivity contribution >= 4 is 40.2 Å². The van der Waals surface area contributed by atoms with E-state index in [-0.39, 0.29) is 17.9 Å². The number of nitrogens with one attached hydrogen (secondary N) is 1. The number of hydrogen-bond acceptors (Lipinski definition) is 7. The van der Waals surface area contributed by atoms with Crippen molar-refractivity contribution in [1.82, 2.24) is 20.1 Å². The molecule has 7 nitrogen and oxygen atoms in total. The Kier molecular flexibility index (Phi) is 6.17. The van der Waals surface area contributed by atoms with Crippen LogP contribution in [0.15, 0.2) is 40.1 Å². The van der Waals surface area contributed by atoms with Gasteiger partial charge < -0.3 is 5.32 Å². The molecule has 4 heterocycles. The quantitative estimate of drug-likeness (QED) is 0.693. The zero-order valence-electron chi connectivity index (χ0n) is 17.4. The molecule has 1 aliphatic carbocycles. The third-order valence-electron chi connectivity index (χ3n) is 5.98. The Morgan fingerprint density at radius 3 is 2.35 bits per heavy atom. The molecule has 1 saturated heterocycles. The maximum absolute atomic E-state index is 13.2. The third-order valence-corrected chi connectivity index (χ3v) is 7.87. The second-order valence-corrected chi connectivity index (χ2v) is 10.3. The first-order chi connectivity index (χ1) is 15.2. The molecule has 3 aliphatic rings. The molecule has 0 unspecified atom stereocenters. The molecule has 0 aromatic carbocycles. The van der Waals surface area contributed by atoms with E-state index in [0.29, 0.717) is 19.1 Å². The first-order valence-electron chi connectivity index (χ1n) is 10.9. The van der Waals surface area contributed by atoms with Crippen LogP contribution in [0.1, 0.15) is 35.1 Å². The number of rotatable bonds is 7. The molecule has 2 aliphatic heterocycles. The minimum atomic E-state index is -0.0167. The Hall–Kier alpha value is -2.07. The van der Waals surface area contributed by atoms with Crippen molar-refractivity contribution in [2.75, 3.05) is 39.3 Å². The molecule has 2 aromatic heterocycles. The molecule has 2 amide bonds. The van der Waals surface area contributed by atoms with Crippen LogP contribution in [0.2, 0.25) is 0 Å². The van der Waals surface area contributed by atoms with E-state index in [9.17, 15) is 9.59 Å². The molecule has 164 valence electrons. The molecule has 1 N–H and O–H groups in total. The van der Waals surface area contributed by atoms with E-state index < -0.39 is 0 Å². The summed E-state index contributed by atoms with van der Waals surface area (Å²) in [5.41, 5.74) is 0.994. The zero-order chi connectivity index (χ0) is 21.2. The molecule has 1 atom stereocenters. The molecule has 0 spiro atoms. The molecule has 0 bridgehead atoms. The maximum atomic E-state index is 13.2. The van der Waals surface area contributed by atoms with Gasteiger partial charge in [0.2, 0.25) is 5.91 Å². The van der Waals surface area contributed by atoms with Crippen LogP contribution in [0, 0.1) is 0 Å². The van der Waals surface area contributed by atoms with E-state index in [1.54, 1.807) is 27.7 Å². The molecular weight excluding hydrogens is 430 g/mol. The number of nitrogens with zero attached hydrogens (tertiary/aromatic N) is 4. The van der Waals surface area contributed by atoms with Gasteiger partial charge in [0, 0.05) is 43.5 Å². The summed E-state index contributed by atoms with van der Waals surface area (Å²) in [5, 5.41) is 13.6. The monoisotopic (exact) mass is 457 g/mol. The largest absolute Gasteiger partial charge is 0.352 e. The number of carbonyl (C=O) groups is 2. The first kappa shape index (κ1) is 20.8. The van der Waals surface area contributed by atoms with E-state index in [1.807, 2.05) is 17.5 Å². The third kappa shape index (κ3) is 5.06. The maximum Gasteiger partial charge on any atom is 0.257 e. The van der Waals surface area contributed by atoms with Crippen molar-refractivity contribution in [1.29, 1.82) is 0 Å². The summed E-state index contributed by atoms with van der Waals surface area (Å²) in [4.78, 5) is 31.9. The van der Waals surface area contributed by atoms with Gasteiger partial charge in [-0.1, -0.05) is 12.1 Å². The lowest BCUT2D eigenvalue weighted by Crippen LogP contribution is -2.51. The predicted molar refractivity (Wildman–Crippen MR) is 123 cm³/mol. The van der Waals surface area contributed by atoms with Crippen LogP contribution in [0.4, 0.5) is 0 Å². The van der Waals surface area contributed by atoms with Gasteiger partial charge in [-0.25, -0.2) is 5.01 Å². The van der Waals surface area contributed by atoms with E-state index in [2.05, 4.69) is 32.6 Å². The Morgan fingerprint density at radius 2 is 1.71 bits per heavy atom. The van der Waals surface area contributed by atoms with Gasteiger partial charge >= 0.3 is 0 Å². The minimum absolute atomic E-state index is 0.0167. The number of piperazine rings is 1. The van der Waals surface area contributed by atoms with Gasteiger partial charge in [-0.15, -0.1) is 22.7 Å². The van der Waals surface area contributed by atoms with Crippen molar-refractivity contribution in [2.45, 2.75) is 31.3 Å². The Balaban J connectivity index is 1.18. The number of amides is 2. The summed E-state index contributed by atoms with van der Waals surface area (Å²) in [5.74, 6) is 0.170.